The van der Waals surface area contributed by atoms with E-state index in [1.807, 2.05) is 6.07 Å². The minimum atomic E-state index is -0.874. The van der Waals surface area contributed by atoms with Gasteiger partial charge in [0.05, 0.1) is 14.2 Å². The molecule has 0 radical (unpaired) electrons. The molecule has 2 aliphatic rings. The summed E-state index contributed by atoms with van der Waals surface area (Å²) < 4.78 is 10.4. The molecule has 0 aromatic heterocycles. The molecule has 4 amide bonds. The second-order valence-corrected chi connectivity index (χ2v) is 6.26. The molecule has 26 heavy (non-hydrogen) atoms. The van der Waals surface area contributed by atoms with Gasteiger partial charge in [-0.15, -0.1) is 0 Å². The number of carbonyl (C=O) groups is 3. The third-order valence-electron chi connectivity index (χ3n) is 4.77. The van der Waals surface area contributed by atoms with E-state index < -0.39 is 11.6 Å². The Morgan fingerprint density at radius 2 is 1.85 bits per heavy atom. The normalized spacial score (nSPS) is 18.8. The van der Waals surface area contributed by atoms with Gasteiger partial charge in [0, 0.05) is 19.2 Å². The number of hydrogen-bond donors (Lipinski definition) is 2. The van der Waals surface area contributed by atoms with E-state index in [9.17, 15) is 14.4 Å². The lowest BCUT2D eigenvalue weighted by atomic mass is 9.87. The van der Waals surface area contributed by atoms with Crippen LogP contribution in [0.5, 0.6) is 11.5 Å². The fraction of sp³-hybridized carbons (Fsp3) is 0.389. The number of piperidine rings is 1. The molecule has 1 aromatic carbocycles. The van der Waals surface area contributed by atoms with Gasteiger partial charge >= 0.3 is 6.03 Å². The van der Waals surface area contributed by atoms with E-state index in [0.717, 1.165) is 5.56 Å². The second kappa shape index (κ2) is 7.07. The van der Waals surface area contributed by atoms with Crippen molar-refractivity contribution >= 4 is 23.9 Å². The third-order valence-corrected chi connectivity index (χ3v) is 4.77. The monoisotopic (exact) mass is 359 g/mol. The van der Waals surface area contributed by atoms with Crippen LogP contribution in [-0.2, 0) is 9.59 Å². The van der Waals surface area contributed by atoms with Crippen LogP contribution in [0.4, 0.5) is 4.79 Å². The summed E-state index contributed by atoms with van der Waals surface area (Å²) in [6.45, 7) is 0.811. The van der Waals surface area contributed by atoms with E-state index in [-0.39, 0.29) is 11.8 Å². The Morgan fingerprint density at radius 3 is 2.42 bits per heavy atom. The van der Waals surface area contributed by atoms with Crippen molar-refractivity contribution in [3.8, 4) is 11.5 Å². The van der Waals surface area contributed by atoms with E-state index in [2.05, 4.69) is 10.6 Å². The topological polar surface area (TPSA) is 97.0 Å². The summed E-state index contributed by atoms with van der Waals surface area (Å²) in [6, 6.07) is 4.92. The van der Waals surface area contributed by atoms with Gasteiger partial charge in [-0.3, -0.25) is 14.9 Å². The highest BCUT2D eigenvalue weighted by atomic mass is 16.5. The van der Waals surface area contributed by atoms with Crippen LogP contribution in [-0.4, -0.2) is 55.6 Å². The lowest BCUT2D eigenvalue weighted by Gasteiger charge is -2.36. The molecule has 0 aliphatic carbocycles. The number of nitrogens with one attached hydrogen (secondary N) is 2. The molecule has 2 N–H and O–H groups in total. The fourth-order valence-electron chi connectivity index (χ4n) is 3.22. The number of rotatable bonds is 4. The number of imide groups is 1. The van der Waals surface area contributed by atoms with Crippen LogP contribution in [0.25, 0.3) is 6.08 Å². The first kappa shape index (κ1) is 17.8. The zero-order valence-corrected chi connectivity index (χ0v) is 14.7. The average Bonchev–Trinajstić information content (AvgIpc) is 2.92. The molecule has 2 heterocycles. The van der Waals surface area contributed by atoms with Crippen LogP contribution in [0.3, 0.4) is 0 Å². The van der Waals surface area contributed by atoms with Gasteiger partial charge in [-0.1, -0.05) is 6.07 Å². The SMILES string of the molecule is COc1ccc(/C=C/C(=O)N2CCC3(CC2)NC(=O)NC3=O)cc1OC. The first-order valence-electron chi connectivity index (χ1n) is 8.30. The van der Waals surface area contributed by atoms with Crippen molar-refractivity contribution in [1.29, 1.82) is 0 Å². The number of amides is 4. The summed E-state index contributed by atoms with van der Waals surface area (Å²) >= 11 is 0. The highest BCUT2D eigenvalue weighted by molar-refractivity contribution is 6.07. The highest BCUT2D eigenvalue weighted by Crippen LogP contribution is 2.28. The Hall–Kier alpha value is -3.03. The Bertz CT molecular complexity index is 766. The van der Waals surface area contributed by atoms with Crippen molar-refractivity contribution in [3.05, 3.63) is 29.8 Å². The molecule has 8 heteroatoms. The van der Waals surface area contributed by atoms with Gasteiger partial charge in [-0.2, -0.15) is 0 Å². The molecular weight excluding hydrogens is 338 g/mol. The number of likely N-dealkylation sites (tertiary alicyclic amines) is 1. The Morgan fingerprint density at radius 1 is 1.15 bits per heavy atom. The van der Waals surface area contributed by atoms with E-state index in [4.69, 9.17) is 9.47 Å². The Balaban J connectivity index is 1.62. The molecule has 1 aromatic rings. The van der Waals surface area contributed by atoms with Gasteiger partial charge in [0.25, 0.3) is 5.91 Å². The Kier molecular flexibility index (Phi) is 4.83. The van der Waals surface area contributed by atoms with Crippen LogP contribution < -0.4 is 20.1 Å². The standard InChI is InChI=1S/C18H21N3O5/c1-25-13-5-3-12(11-14(13)26-2)4-6-15(22)21-9-7-18(8-10-21)16(23)19-17(24)20-18/h3-6,11H,7-10H2,1-2H3,(H2,19,20,23,24)/b6-4+. The van der Waals surface area contributed by atoms with Crippen LogP contribution in [0.2, 0.25) is 0 Å². The summed E-state index contributed by atoms with van der Waals surface area (Å²) in [5, 5.41) is 4.94. The maximum atomic E-state index is 12.4. The van der Waals surface area contributed by atoms with Crippen LogP contribution in [0, 0.1) is 0 Å². The molecule has 1 spiro atoms. The zero-order chi connectivity index (χ0) is 18.7. The van der Waals surface area contributed by atoms with Crippen LogP contribution >= 0.6 is 0 Å². The van der Waals surface area contributed by atoms with Crippen molar-refractivity contribution < 1.29 is 23.9 Å². The molecule has 0 saturated carbocycles. The summed E-state index contributed by atoms with van der Waals surface area (Å²) in [6.07, 6.45) is 4.01. The molecule has 2 saturated heterocycles. The number of hydrogen-bond acceptors (Lipinski definition) is 5. The zero-order valence-electron chi connectivity index (χ0n) is 14.7. The van der Waals surface area contributed by atoms with Gasteiger partial charge in [-0.25, -0.2) is 4.79 Å². The third kappa shape index (κ3) is 3.35. The van der Waals surface area contributed by atoms with Gasteiger partial charge in [0.15, 0.2) is 11.5 Å². The molecule has 0 bridgehead atoms. The quantitative estimate of drug-likeness (QED) is 0.615. The lowest BCUT2D eigenvalue weighted by Crippen LogP contribution is -2.55. The number of ether oxygens (including phenoxy) is 2. The predicted octanol–water partition coefficient (Wildman–Crippen LogP) is 0.918. The fourth-order valence-corrected chi connectivity index (χ4v) is 3.22. The molecular formula is C18H21N3O5. The molecule has 2 aliphatic heterocycles. The van der Waals surface area contributed by atoms with E-state index in [1.54, 1.807) is 37.3 Å². The molecule has 2 fully saturated rings. The van der Waals surface area contributed by atoms with Crippen LogP contribution in [0.15, 0.2) is 24.3 Å². The average molecular weight is 359 g/mol. The summed E-state index contributed by atoms with van der Waals surface area (Å²) in [7, 11) is 3.12. The van der Waals surface area contributed by atoms with Crippen molar-refractivity contribution in [2.45, 2.75) is 18.4 Å². The van der Waals surface area contributed by atoms with Gasteiger partial charge in [0.1, 0.15) is 5.54 Å². The summed E-state index contributed by atoms with van der Waals surface area (Å²) in [5.41, 5.74) is -0.0621. The number of carbonyl (C=O) groups excluding carboxylic acids is 3. The maximum absolute atomic E-state index is 12.4. The minimum absolute atomic E-state index is 0.139. The Labute approximate surface area is 151 Å². The highest BCUT2D eigenvalue weighted by Gasteiger charge is 2.48. The van der Waals surface area contributed by atoms with Crippen LogP contribution in [0.1, 0.15) is 18.4 Å². The van der Waals surface area contributed by atoms with E-state index >= 15 is 0 Å². The maximum Gasteiger partial charge on any atom is 0.322 e. The van der Waals surface area contributed by atoms with Crippen molar-refractivity contribution in [2.24, 2.45) is 0 Å². The number of benzene rings is 1. The second-order valence-electron chi connectivity index (χ2n) is 6.26. The van der Waals surface area contributed by atoms with Gasteiger partial charge in [-0.05, 0) is 36.6 Å². The first-order chi connectivity index (χ1) is 12.5. The smallest absolute Gasteiger partial charge is 0.322 e. The van der Waals surface area contributed by atoms with Gasteiger partial charge in [0.2, 0.25) is 5.91 Å². The number of urea groups is 1. The first-order valence-corrected chi connectivity index (χ1v) is 8.30. The lowest BCUT2D eigenvalue weighted by molar-refractivity contribution is -0.132. The molecule has 138 valence electrons. The van der Waals surface area contributed by atoms with Crippen molar-refractivity contribution in [2.75, 3.05) is 27.3 Å². The molecule has 0 atom stereocenters. The molecule has 0 unspecified atom stereocenters. The van der Waals surface area contributed by atoms with E-state index in [0.29, 0.717) is 37.4 Å². The molecule has 3 rings (SSSR count). The summed E-state index contributed by atoms with van der Waals surface area (Å²) in [5.74, 6) is 0.758. The minimum Gasteiger partial charge on any atom is -0.493 e. The van der Waals surface area contributed by atoms with E-state index in [1.165, 1.54) is 6.08 Å². The van der Waals surface area contributed by atoms with Crippen molar-refractivity contribution in [1.82, 2.24) is 15.5 Å². The number of nitrogens with zero attached hydrogens (tertiary/aromatic N) is 1. The van der Waals surface area contributed by atoms with Gasteiger partial charge < -0.3 is 19.7 Å². The summed E-state index contributed by atoms with van der Waals surface area (Å²) in [4.78, 5) is 37.3. The largest absolute Gasteiger partial charge is 0.493 e. The molecule has 8 nitrogen and oxygen atoms in total. The predicted molar refractivity (Wildman–Crippen MR) is 93.8 cm³/mol. The number of methoxy groups -OCH3 is 2. The van der Waals surface area contributed by atoms with Crippen molar-refractivity contribution in [3.63, 3.8) is 0 Å².